The van der Waals surface area contributed by atoms with Crippen molar-refractivity contribution in [1.82, 2.24) is 14.4 Å². The van der Waals surface area contributed by atoms with E-state index in [0.29, 0.717) is 17.2 Å². The minimum atomic E-state index is -0.344. The first-order valence-corrected chi connectivity index (χ1v) is 8.06. The van der Waals surface area contributed by atoms with Crippen molar-refractivity contribution in [3.63, 3.8) is 0 Å². The van der Waals surface area contributed by atoms with Crippen LogP contribution in [0.4, 0.5) is 15.9 Å². The van der Waals surface area contributed by atoms with Crippen LogP contribution in [-0.2, 0) is 0 Å². The topological polar surface area (TPSA) is 54.9 Å². The molecule has 3 heterocycles. The number of nitrogens with zero attached hydrogens (tertiary/aromatic N) is 5. The molecule has 0 aliphatic rings. The Hall–Kier alpha value is -3.15. The number of imidazole rings is 1. The summed E-state index contributed by atoms with van der Waals surface area (Å²) >= 11 is 0. The first-order valence-electron chi connectivity index (χ1n) is 8.06. The van der Waals surface area contributed by atoms with Gasteiger partial charge in [0.05, 0.1) is 11.2 Å². The molecule has 0 aliphatic carbocycles. The third-order valence-corrected chi connectivity index (χ3v) is 3.99. The third-order valence-electron chi connectivity index (χ3n) is 3.99. The average molecular weight is 333 g/mol. The van der Waals surface area contributed by atoms with Gasteiger partial charge < -0.3 is 0 Å². The summed E-state index contributed by atoms with van der Waals surface area (Å²) in [4.78, 5) is 8.93. The predicted molar refractivity (Wildman–Crippen MR) is 95.2 cm³/mol. The van der Waals surface area contributed by atoms with E-state index in [4.69, 9.17) is 0 Å². The number of rotatable bonds is 3. The lowest BCUT2D eigenvalue weighted by molar-refractivity contribution is 0.619. The van der Waals surface area contributed by atoms with E-state index >= 15 is 0 Å². The van der Waals surface area contributed by atoms with Gasteiger partial charge in [0, 0.05) is 17.8 Å². The van der Waals surface area contributed by atoms with Gasteiger partial charge in [-0.2, -0.15) is 0 Å². The lowest BCUT2D eigenvalue weighted by atomic mass is 10.1. The van der Waals surface area contributed by atoms with E-state index in [2.05, 4.69) is 20.2 Å². The smallest absolute Gasteiger partial charge is 0.183 e. The van der Waals surface area contributed by atoms with Gasteiger partial charge in [0.1, 0.15) is 17.2 Å². The van der Waals surface area contributed by atoms with Crippen molar-refractivity contribution in [3.8, 4) is 0 Å². The Balaban J connectivity index is 1.88. The number of benzene rings is 1. The Bertz CT molecular complexity index is 1090. The van der Waals surface area contributed by atoms with Crippen molar-refractivity contribution >= 4 is 28.1 Å². The monoisotopic (exact) mass is 333 g/mol. The van der Waals surface area contributed by atoms with Gasteiger partial charge in [0.15, 0.2) is 5.82 Å². The zero-order valence-electron chi connectivity index (χ0n) is 13.9. The molecule has 4 aromatic rings. The number of para-hydroxylation sites is 1. The minimum absolute atomic E-state index is 0.141. The van der Waals surface area contributed by atoms with Crippen LogP contribution in [0.1, 0.15) is 25.5 Å². The standard InChI is InChI=1S/C19H16FN5/c1-12(2)17-19(25-11-14(20)8-9-16(25)22-17)24-23-15-7-3-5-13-6-4-10-21-18(13)15/h3-12H,1-2H3. The summed E-state index contributed by atoms with van der Waals surface area (Å²) in [5.41, 5.74) is 2.87. The molecule has 0 unspecified atom stereocenters. The van der Waals surface area contributed by atoms with Gasteiger partial charge in [-0.1, -0.05) is 32.0 Å². The molecule has 124 valence electrons. The van der Waals surface area contributed by atoms with Crippen LogP contribution in [0, 0.1) is 5.82 Å². The average Bonchev–Trinajstić information content (AvgIpc) is 2.98. The zero-order valence-corrected chi connectivity index (χ0v) is 13.9. The lowest BCUT2D eigenvalue weighted by Gasteiger charge is -2.02. The van der Waals surface area contributed by atoms with Crippen LogP contribution in [0.25, 0.3) is 16.6 Å². The highest BCUT2D eigenvalue weighted by Crippen LogP contribution is 2.31. The van der Waals surface area contributed by atoms with Gasteiger partial charge in [-0.05, 0) is 30.2 Å². The van der Waals surface area contributed by atoms with Gasteiger partial charge in [-0.25, -0.2) is 9.37 Å². The molecule has 25 heavy (non-hydrogen) atoms. The van der Waals surface area contributed by atoms with Crippen molar-refractivity contribution in [2.24, 2.45) is 10.2 Å². The van der Waals surface area contributed by atoms with Crippen molar-refractivity contribution in [3.05, 3.63) is 66.4 Å². The van der Waals surface area contributed by atoms with Crippen LogP contribution >= 0.6 is 0 Å². The second-order valence-corrected chi connectivity index (χ2v) is 6.10. The molecule has 0 spiro atoms. The van der Waals surface area contributed by atoms with Gasteiger partial charge >= 0.3 is 0 Å². The summed E-state index contributed by atoms with van der Waals surface area (Å²) < 4.78 is 15.3. The lowest BCUT2D eigenvalue weighted by Crippen LogP contribution is -1.88. The number of pyridine rings is 2. The van der Waals surface area contributed by atoms with E-state index in [1.54, 1.807) is 16.7 Å². The van der Waals surface area contributed by atoms with Gasteiger partial charge in [0.2, 0.25) is 0 Å². The Morgan fingerprint density at radius 2 is 1.88 bits per heavy atom. The largest absolute Gasteiger partial charge is 0.280 e. The first kappa shape index (κ1) is 15.4. The molecule has 0 radical (unpaired) electrons. The molecular weight excluding hydrogens is 317 g/mol. The van der Waals surface area contributed by atoms with Crippen molar-refractivity contribution in [2.75, 3.05) is 0 Å². The molecule has 0 N–H and O–H groups in total. The van der Waals surface area contributed by atoms with Crippen LogP contribution in [0.15, 0.2) is 65.1 Å². The van der Waals surface area contributed by atoms with Gasteiger partial charge in [-0.15, -0.1) is 10.2 Å². The molecule has 0 saturated heterocycles. The highest BCUT2D eigenvalue weighted by Gasteiger charge is 2.15. The fourth-order valence-corrected chi connectivity index (χ4v) is 2.78. The fraction of sp³-hybridized carbons (Fsp3) is 0.158. The summed E-state index contributed by atoms with van der Waals surface area (Å²) in [6.07, 6.45) is 3.11. The maximum absolute atomic E-state index is 13.7. The summed E-state index contributed by atoms with van der Waals surface area (Å²) in [6.45, 7) is 4.05. The maximum Gasteiger partial charge on any atom is 0.183 e. The highest BCUT2D eigenvalue weighted by molar-refractivity contribution is 5.88. The molecule has 5 nitrogen and oxygen atoms in total. The first-order chi connectivity index (χ1) is 12.1. The molecule has 1 aromatic carbocycles. The van der Waals surface area contributed by atoms with E-state index < -0.39 is 0 Å². The van der Waals surface area contributed by atoms with E-state index in [-0.39, 0.29) is 11.7 Å². The molecule has 0 atom stereocenters. The third kappa shape index (κ3) is 2.76. The van der Waals surface area contributed by atoms with Crippen LogP contribution in [0.2, 0.25) is 0 Å². The number of hydrogen-bond donors (Lipinski definition) is 0. The quantitative estimate of drug-likeness (QED) is 0.461. The number of halogens is 1. The SMILES string of the molecule is CC(C)c1nc2ccc(F)cn2c1N=Nc1cccc2cccnc12. The Morgan fingerprint density at radius 1 is 1.04 bits per heavy atom. The highest BCUT2D eigenvalue weighted by atomic mass is 19.1. The van der Waals surface area contributed by atoms with E-state index in [9.17, 15) is 4.39 Å². The van der Waals surface area contributed by atoms with Crippen LogP contribution in [-0.4, -0.2) is 14.4 Å². The number of azo groups is 1. The summed E-state index contributed by atoms with van der Waals surface area (Å²) in [5, 5.41) is 9.77. The number of fused-ring (bicyclic) bond motifs is 2. The Morgan fingerprint density at radius 3 is 2.72 bits per heavy atom. The molecule has 0 bridgehead atoms. The molecule has 3 aromatic heterocycles. The number of hydrogen-bond acceptors (Lipinski definition) is 4. The van der Waals surface area contributed by atoms with Crippen molar-refractivity contribution < 1.29 is 4.39 Å². The Kier molecular flexibility index (Phi) is 3.72. The van der Waals surface area contributed by atoms with Crippen LogP contribution < -0.4 is 0 Å². The van der Waals surface area contributed by atoms with Crippen molar-refractivity contribution in [1.29, 1.82) is 0 Å². The molecule has 0 fully saturated rings. The summed E-state index contributed by atoms with van der Waals surface area (Å²) in [7, 11) is 0. The van der Waals surface area contributed by atoms with E-state index in [1.807, 2.05) is 44.2 Å². The fourth-order valence-electron chi connectivity index (χ4n) is 2.78. The van der Waals surface area contributed by atoms with Gasteiger partial charge in [0.25, 0.3) is 0 Å². The van der Waals surface area contributed by atoms with Crippen molar-refractivity contribution in [2.45, 2.75) is 19.8 Å². The molecule has 6 heteroatoms. The summed E-state index contributed by atoms with van der Waals surface area (Å²) in [6, 6.07) is 12.6. The molecule has 0 amide bonds. The second kappa shape index (κ2) is 6.05. The van der Waals surface area contributed by atoms with Gasteiger partial charge in [-0.3, -0.25) is 9.38 Å². The number of aromatic nitrogens is 3. The second-order valence-electron chi connectivity index (χ2n) is 6.10. The van der Waals surface area contributed by atoms with Crippen LogP contribution in [0.3, 0.4) is 0 Å². The van der Waals surface area contributed by atoms with E-state index in [1.165, 1.54) is 12.3 Å². The molecule has 0 saturated carbocycles. The minimum Gasteiger partial charge on any atom is -0.280 e. The summed E-state index contributed by atoms with van der Waals surface area (Å²) in [5.74, 6) is 0.337. The molecular formula is C19H16FN5. The predicted octanol–water partition coefficient (Wildman–Crippen LogP) is 5.56. The molecule has 4 rings (SSSR count). The van der Waals surface area contributed by atoms with E-state index in [0.717, 1.165) is 16.6 Å². The molecule has 0 aliphatic heterocycles. The maximum atomic E-state index is 13.7. The zero-order chi connectivity index (χ0) is 17.4. The normalized spacial score (nSPS) is 12.0. The van der Waals surface area contributed by atoms with Crippen LogP contribution in [0.5, 0.6) is 0 Å². The Labute approximate surface area is 143 Å².